The van der Waals surface area contributed by atoms with Crippen LogP contribution in [0.4, 0.5) is 4.39 Å². The number of aromatic nitrogens is 2. The molecule has 0 aliphatic heterocycles. The van der Waals surface area contributed by atoms with Gasteiger partial charge in [0, 0.05) is 12.6 Å². The van der Waals surface area contributed by atoms with Crippen LogP contribution in [0.25, 0.3) is 0 Å². The Kier molecular flexibility index (Phi) is 4.81. The Labute approximate surface area is 126 Å². The molecule has 0 N–H and O–H groups in total. The predicted octanol–water partition coefficient (Wildman–Crippen LogP) is 4.25. The number of hydrogen-bond acceptors (Lipinski definition) is 2. The third kappa shape index (κ3) is 3.03. The molecule has 5 heteroatoms. The number of rotatable bonds is 5. The summed E-state index contributed by atoms with van der Waals surface area (Å²) in [6.45, 7) is 6.97. The highest BCUT2D eigenvalue weighted by molar-refractivity contribution is 9.10. The Balaban J connectivity index is 2.17. The summed E-state index contributed by atoms with van der Waals surface area (Å²) in [6, 6.07) is 4.91. The lowest BCUT2D eigenvalue weighted by Crippen LogP contribution is -2.06. The van der Waals surface area contributed by atoms with Crippen LogP contribution in [0.15, 0.2) is 22.7 Å². The van der Waals surface area contributed by atoms with E-state index < -0.39 is 0 Å². The van der Waals surface area contributed by atoms with Crippen LogP contribution in [0, 0.1) is 12.7 Å². The molecular formula is C15H18BrFN2O. The summed E-state index contributed by atoms with van der Waals surface area (Å²) in [5.41, 5.74) is 2.61. The van der Waals surface area contributed by atoms with Crippen molar-refractivity contribution in [2.45, 2.75) is 40.3 Å². The molecule has 0 saturated heterocycles. The summed E-state index contributed by atoms with van der Waals surface area (Å²) in [4.78, 5) is 0. The van der Waals surface area contributed by atoms with Crippen molar-refractivity contribution in [3.8, 4) is 5.75 Å². The number of nitrogens with zero attached hydrogens (tertiary/aromatic N) is 2. The van der Waals surface area contributed by atoms with Crippen molar-refractivity contribution in [1.82, 2.24) is 9.78 Å². The van der Waals surface area contributed by atoms with E-state index in [9.17, 15) is 4.39 Å². The van der Waals surface area contributed by atoms with E-state index in [1.807, 2.05) is 11.6 Å². The summed E-state index contributed by atoms with van der Waals surface area (Å²) in [5, 5.41) is 4.51. The Hall–Kier alpha value is -1.36. The minimum absolute atomic E-state index is 0.250. The van der Waals surface area contributed by atoms with Gasteiger partial charge in [-0.05, 0) is 47.8 Å². The van der Waals surface area contributed by atoms with Gasteiger partial charge in [-0.1, -0.05) is 13.0 Å². The van der Waals surface area contributed by atoms with Gasteiger partial charge in [0.1, 0.15) is 18.2 Å². The molecule has 0 bridgehead atoms. The lowest BCUT2D eigenvalue weighted by molar-refractivity contribution is 0.290. The molecule has 0 saturated carbocycles. The van der Waals surface area contributed by atoms with Crippen molar-refractivity contribution in [1.29, 1.82) is 0 Å². The van der Waals surface area contributed by atoms with Crippen LogP contribution < -0.4 is 4.74 Å². The zero-order chi connectivity index (χ0) is 14.7. The molecule has 0 spiro atoms. The van der Waals surface area contributed by atoms with Gasteiger partial charge in [0.2, 0.25) is 0 Å². The molecule has 0 unspecified atom stereocenters. The van der Waals surface area contributed by atoms with E-state index in [-0.39, 0.29) is 5.82 Å². The number of hydrogen-bond donors (Lipinski definition) is 0. The fourth-order valence-electron chi connectivity index (χ4n) is 1.97. The van der Waals surface area contributed by atoms with Crippen LogP contribution in [0.5, 0.6) is 5.75 Å². The van der Waals surface area contributed by atoms with Gasteiger partial charge in [-0.25, -0.2) is 4.39 Å². The minimum Gasteiger partial charge on any atom is -0.487 e. The zero-order valence-corrected chi connectivity index (χ0v) is 13.5. The van der Waals surface area contributed by atoms with Crippen LogP contribution in [-0.2, 0) is 19.6 Å². The highest BCUT2D eigenvalue weighted by atomic mass is 79.9. The van der Waals surface area contributed by atoms with Gasteiger partial charge in [0.05, 0.1) is 15.9 Å². The summed E-state index contributed by atoms with van der Waals surface area (Å²) >= 11 is 3.57. The molecule has 3 nitrogen and oxygen atoms in total. The molecule has 2 rings (SSSR count). The first-order valence-electron chi connectivity index (χ1n) is 6.69. The Morgan fingerprint density at radius 3 is 2.70 bits per heavy atom. The second-order valence-corrected chi connectivity index (χ2v) is 5.37. The average molecular weight is 341 g/mol. The Morgan fingerprint density at radius 1 is 1.35 bits per heavy atom. The fraction of sp³-hybridized carbons (Fsp3) is 0.400. The first-order chi connectivity index (χ1) is 9.56. The second kappa shape index (κ2) is 6.39. The van der Waals surface area contributed by atoms with E-state index in [1.165, 1.54) is 6.07 Å². The van der Waals surface area contributed by atoms with Gasteiger partial charge in [0.15, 0.2) is 0 Å². The molecule has 0 amide bonds. The molecular weight excluding hydrogens is 323 g/mol. The molecule has 20 heavy (non-hydrogen) atoms. The number of aryl methyl sites for hydroxylation is 3. The molecule has 108 valence electrons. The minimum atomic E-state index is -0.250. The van der Waals surface area contributed by atoms with E-state index in [0.717, 1.165) is 28.8 Å². The quantitative estimate of drug-likeness (QED) is 0.813. The second-order valence-electron chi connectivity index (χ2n) is 4.58. The molecule has 1 heterocycles. The average Bonchev–Trinajstić information content (AvgIpc) is 2.76. The van der Waals surface area contributed by atoms with Crippen molar-refractivity contribution in [3.63, 3.8) is 0 Å². The molecule has 0 atom stereocenters. The van der Waals surface area contributed by atoms with Gasteiger partial charge >= 0.3 is 0 Å². The summed E-state index contributed by atoms with van der Waals surface area (Å²) in [6.07, 6.45) is 0.861. The van der Waals surface area contributed by atoms with E-state index in [0.29, 0.717) is 17.9 Å². The van der Waals surface area contributed by atoms with Crippen molar-refractivity contribution in [2.24, 2.45) is 0 Å². The summed E-state index contributed by atoms with van der Waals surface area (Å²) in [5.74, 6) is 0.279. The maximum Gasteiger partial charge on any atom is 0.131 e. The lowest BCUT2D eigenvalue weighted by Gasteiger charge is -2.09. The van der Waals surface area contributed by atoms with Crippen LogP contribution in [0.2, 0.25) is 0 Å². The first-order valence-corrected chi connectivity index (χ1v) is 7.49. The number of ether oxygens (including phenoxy) is 1. The Morgan fingerprint density at radius 2 is 2.10 bits per heavy atom. The standard InChI is InChI=1S/C15H18BrFN2O/c1-4-13-15(16)14(19(5-2)18-13)9-20-11-7-6-10(3)12(17)8-11/h6-8H,4-5,9H2,1-3H3. The highest BCUT2D eigenvalue weighted by Crippen LogP contribution is 2.24. The van der Waals surface area contributed by atoms with Crippen LogP contribution >= 0.6 is 15.9 Å². The monoisotopic (exact) mass is 340 g/mol. The number of halogens is 2. The van der Waals surface area contributed by atoms with Crippen molar-refractivity contribution < 1.29 is 9.13 Å². The molecule has 0 aliphatic rings. The maximum absolute atomic E-state index is 13.5. The van der Waals surface area contributed by atoms with Crippen molar-refractivity contribution in [3.05, 3.63) is 45.4 Å². The maximum atomic E-state index is 13.5. The van der Waals surface area contributed by atoms with Crippen molar-refractivity contribution in [2.75, 3.05) is 0 Å². The fourth-order valence-corrected chi connectivity index (χ4v) is 2.65. The normalized spacial score (nSPS) is 10.8. The molecule has 0 aliphatic carbocycles. The van der Waals surface area contributed by atoms with Gasteiger partial charge in [-0.2, -0.15) is 5.10 Å². The van der Waals surface area contributed by atoms with Gasteiger partial charge in [0.25, 0.3) is 0 Å². The van der Waals surface area contributed by atoms with Gasteiger partial charge < -0.3 is 4.74 Å². The van der Waals surface area contributed by atoms with Gasteiger partial charge in [-0.15, -0.1) is 0 Å². The summed E-state index contributed by atoms with van der Waals surface area (Å²) < 4.78 is 22.1. The van der Waals surface area contributed by atoms with E-state index in [4.69, 9.17) is 4.74 Å². The highest BCUT2D eigenvalue weighted by Gasteiger charge is 2.14. The molecule has 0 fully saturated rings. The largest absolute Gasteiger partial charge is 0.487 e. The van der Waals surface area contributed by atoms with E-state index in [2.05, 4.69) is 28.0 Å². The van der Waals surface area contributed by atoms with Crippen molar-refractivity contribution >= 4 is 15.9 Å². The smallest absolute Gasteiger partial charge is 0.131 e. The topological polar surface area (TPSA) is 27.1 Å². The number of benzene rings is 1. The zero-order valence-electron chi connectivity index (χ0n) is 11.9. The van der Waals surface area contributed by atoms with Crippen LogP contribution in [-0.4, -0.2) is 9.78 Å². The lowest BCUT2D eigenvalue weighted by atomic mass is 10.2. The molecule has 1 aromatic carbocycles. The van der Waals surface area contributed by atoms with Crippen LogP contribution in [0.1, 0.15) is 30.8 Å². The third-order valence-electron chi connectivity index (χ3n) is 3.21. The SMILES string of the molecule is CCc1nn(CC)c(COc2ccc(C)c(F)c2)c1Br. The van der Waals surface area contributed by atoms with E-state index >= 15 is 0 Å². The first kappa shape index (κ1) is 15.0. The molecule has 1 aromatic heterocycles. The molecule has 0 radical (unpaired) electrons. The van der Waals surface area contributed by atoms with Gasteiger partial charge in [-0.3, -0.25) is 4.68 Å². The molecule has 2 aromatic rings. The predicted molar refractivity (Wildman–Crippen MR) is 80.4 cm³/mol. The summed E-state index contributed by atoms with van der Waals surface area (Å²) in [7, 11) is 0. The van der Waals surface area contributed by atoms with Crippen LogP contribution in [0.3, 0.4) is 0 Å². The third-order valence-corrected chi connectivity index (χ3v) is 4.13. The Bertz CT molecular complexity index is 610. The van der Waals surface area contributed by atoms with E-state index in [1.54, 1.807) is 19.1 Å².